The first-order chi connectivity index (χ1) is 11.9. The lowest BCUT2D eigenvalue weighted by molar-refractivity contribution is 0.0953. The van der Waals surface area contributed by atoms with Gasteiger partial charge in [-0.15, -0.1) is 11.3 Å². The average Bonchev–Trinajstić information content (AvgIpc) is 3.20. The Morgan fingerprint density at radius 3 is 2.68 bits per heavy atom. The summed E-state index contributed by atoms with van der Waals surface area (Å²) in [5.41, 5.74) is 9.74. The molecule has 0 aliphatic carbocycles. The smallest absolute Gasteiger partial charge is 0.263 e. The van der Waals surface area contributed by atoms with Crippen LogP contribution in [0.5, 0.6) is 0 Å². The molecule has 1 atom stereocenters. The van der Waals surface area contributed by atoms with E-state index < -0.39 is 0 Å². The number of hydrogen-bond donors (Lipinski definition) is 3. The van der Waals surface area contributed by atoms with Gasteiger partial charge in [0.05, 0.1) is 30.2 Å². The van der Waals surface area contributed by atoms with Gasteiger partial charge in [-0.1, -0.05) is 29.8 Å². The van der Waals surface area contributed by atoms with E-state index in [1.807, 2.05) is 26.0 Å². The minimum Gasteiger partial charge on any atom is -0.344 e. The Balaban J connectivity index is 1.66. The van der Waals surface area contributed by atoms with E-state index >= 15 is 0 Å². The normalized spacial score (nSPS) is 12.2. The number of thiazole rings is 1. The standard InChI is InChI=1S/C18H21N5OS/c1-10-4-6-13(7-5-10)14-8-20-15(23-14)9-21-17(24)16-12(3)22-18(25-16)11(2)19/h4-8,11H,9,19H2,1-3H3,(H,20,23)(H,21,24). The molecule has 3 aromatic rings. The first kappa shape index (κ1) is 17.3. The molecule has 2 aromatic heterocycles. The van der Waals surface area contributed by atoms with Gasteiger partial charge in [0.25, 0.3) is 5.91 Å². The molecule has 7 heteroatoms. The van der Waals surface area contributed by atoms with E-state index in [4.69, 9.17) is 5.73 Å². The second kappa shape index (κ2) is 7.16. The zero-order valence-electron chi connectivity index (χ0n) is 14.5. The van der Waals surface area contributed by atoms with E-state index in [1.54, 1.807) is 6.20 Å². The minimum absolute atomic E-state index is 0.157. The molecule has 130 valence electrons. The zero-order valence-corrected chi connectivity index (χ0v) is 15.3. The molecule has 0 fully saturated rings. The lowest BCUT2D eigenvalue weighted by Crippen LogP contribution is -2.23. The topological polar surface area (TPSA) is 96.7 Å². The predicted molar refractivity (Wildman–Crippen MR) is 99.4 cm³/mol. The molecular formula is C18H21N5OS. The van der Waals surface area contributed by atoms with Crippen LogP contribution in [0, 0.1) is 13.8 Å². The molecule has 3 rings (SSSR count). The number of imidazole rings is 1. The van der Waals surface area contributed by atoms with Crippen molar-refractivity contribution in [1.29, 1.82) is 0 Å². The largest absolute Gasteiger partial charge is 0.344 e. The van der Waals surface area contributed by atoms with Crippen molar-refractivity contribution in [1.82, 2.24) is 20.3 Å². The summed E-state index contributed by atoms with van der Waals surface area (Å²) >= 11 is 1.34. The number of aromatic nitrogens is 3. The van der Waals surface area contributed by atoms with Crippen molar-refractivity contribution in [2.45, 2.75) is 33.4 Å². The zero-order chi connectivity index (χ0) is 18.0. The molecular weight excluding hydrogens is 334 g/mol. The molecule has 2 heterocycles. The Morgan fingerprint density at radius 1 is 1.32 bits per heavy atom. The molecule has 0 aliphatic rings. The van der Waals surface area contributed by atoms with Crippen LogP contribution in [-0.4, -0.2) is 20.9 Å². The Bertz CT molecular complexity index is 879. The highest BCUT2D eigenvalue weighted by molar-refractivity contribution is 7.13. The van der Waals surface area contributed by atoms with Gasteiger partial charge >= 0.3 is 0 Å². The summed E-state index contributed by atoms with van der Waals surface area (Å²) in [6.45, 7) is 6.06. The van der Waals surface area contributed by atoms with Crippen LogP contribution >= 0.6 is 11.3 Å². The van der Waals surface area contributed by atoms with Crippen LogP contribution < -0.4 is 11.1 Å². The molecule has 1 unspecified atom stereocenters. The van der Waals surface area contributed by atoms with Gasteiger partial charge in [0.2, 0.25) is 0 Å². The van der Waals surface area contributed by atoms with Gasteiger partial charge in [-0.2, -0.15) is 0 Å². The number of nitrogens with zero attached hydrogens (tertiary/aromatic N) is 2. The van der Waals surface area contributed by atoms with Gasteiger partial charge < -0.3 is 16.0 Å². The number of amides is 1. The first-order valence-corrected chi connectivity index (χ1v) is 8.87. The van der Waals surface area contributed by atoms with Crippen molar-refractivity contribution < 1.29 is 4.79 Å². The van der Waals surface area contributed by atoms with Crippen molar-refractivity contribution in [3.8, 4) is 11.3 Å². The van der Waals surface area contributed by atoms with Gasteiger partial charge in [0.1, 0.15) is 15.7 Å². The quantitative estimate of drug-likeness (QED) is 0.655. The average molecular weight is 355 g/mol. The Hall–Kier alpha value is -2.51. The summed E-state index contributed by atoms with van der Waals surface area (Å²) in [5.74, 6) is 0.550. The van der Waals surface area contributed by atoms with E-state index in [1.165, 1.54) is 16.9 Å². The summed E-state index contributed by atoms with van der Waals surface area (Å²) in [4.78, 5) is 24.9. The summed E-state index contributed by atoms with van der Waals surface area (Å²) in [6.07, 6.45) is 1.78. The maximum atomic E-state index is 12.4. The molecule has 6 nitrogen and oxygen atoms in total. The highest BCUT2D eigenvalue weighted by atomic mass is 32.1. The fraction of sp³-hybridized carbons (Fsp3) is 0.278. The third-order valence-electron chi connectivity index (χ3n) is 3.82. The van der Waals surface area contributed by atoms with E-state index in [-0.39, 0.29) is 11.9 Å². The van der Waals surface area contributed by atoms with Crippen LogP contribution in [0.2, 0.25) is 0 Å². The van der Waals surface area contributed by atoms with Crippen molar-refractivity contribution in [2.75, 3.05) is 0 Å². The molecule has 1 aromatic carbocycles. The molecule has 0 bridgehead atoms. The van der Waals surface area contributed by atoms with Gasteiger partial charge in [0.15, 0.2) is 0 Å². The Morgan fingerprint density at radius 2 is 2.04 bits per heavy atom. The minimum atomic E-state index is -0.174. The van der Waals surface area contributed by atoms with Crippen LogP contribution in [0.3, 0.4) is 0 Å². The van der Waals surface area contributed by atoms with Gasteiger partial charge in [-0.25, -0.2) is 9.97 Å². The second-order valence-electron chi connectivity index (χ2n) is 6.05. The molecule has 0 spiro atoms. The highest BCUT2D eigenvalue weighted by Gasteiger charge is 2.17. The van der Waals surface area contributed by atoms with E-state index in [2.05, 4.69) is 39.3 Å². The summed E-state index contributed by atoms with van der Waals surface area (Å²) < 4.78 is 0. The number of H-pyrrole nitrogens is 1. The van der Waals surface area contributed by atoms with E-state index in [9.17, 15) is 4.79 Å². The summed E-state index contributed by atoms with van der Waals surface area (Å²) in [5, 5.41) is 3.65. The molecule has 4 N–H and O–H groups in total. The number of aryl methyl sites for hydroxylation is 2. The highest BCUT2D eigenvalue weighted by Crippen LogP contribution is 2.22. The number of nitrogens with two attached hydrogens (primary N) is 1. The van der Waals surface area contributed by atoms with Crippen LogP contribution in [0.15, 0.2) is 30.5 Å². The third kappa shape index (κ3) is 3.94. The molecule has 1 amide bonds. The number of nitrogens with one attached hydrogen (secondary N) is 2. The van der Waals surface area contributed by atoms with Gasteiger partial charge in [-0.05, 0) is 26.3 Å². The Kier molecular flexibility index (Phi) is 4.96. The first-order valence-electron chi connectivity index (χ1n) is 8.06. The summed E-state index contributed by atoms with van der Waals surface area (Å²) in [6, 6.07) is 8.02. The lowest BCUT2D eigenvalue weighted by Gasteiger charge is -2.02. The molecule has 0 radical (unpaired) electrons. The second-order valence-corrected chi connectivity index (χ2v) is 7.08. The molecule has 25 heavy (non-hydrogen) atoms. The predicted octanol–water partition coefficient (Wildman–Crippen LogP) is 3.10. The number of carbonyl (C=O) groups excluding carboxylic acids is 1. The van der Waals surface area contributed by atoms with Crippen molar-refractivity contribution >= 4 is 17.2 Å². The molecule has 0 aliphatic heterocycles. The number of carbonyl (C=O) groups is 1. The van der Waals surface area contributed by atoms with Gasteiger partial charge in [0, 0.05) is 0 Å². The molecule has 0 saturated carbocycles. The maximum Gasteiger partial charge on any atom is 0.263 e. The lowest BCUT2D eigenvalue weighted by atomic mass is 10.1. The van der Waals surface area contributed by atoms with Crippen molar-refractivity contribution in [2.24, 2.45) is 5.73 Å². The summed E-state index contributed by atoms with van der Waals surface area (Å²) in [7, 11) is 0. The Labute approximate surface area is 150 Å². The van der Waals surface area contributed by atoms with Crippen LogP contribution in [0.25, 0.3) is 11.3 Å². The SMILES string of the molecule is Cc1ccc(-c2cnc(CNC(=O)c3sc(C(C)N)nc3C)[nH]2)cc1. The van der Waals surface area contributed by atoms with Gasteiger partial charge in [-0.3, -0.25) is 4.79 Å². The number of aromatic amines is 1. The van der Waals surface area contributed by atoms with Crippen molar-refractivity contribution in [3.05, 3.63) is 57.4 Å². The fourth-order valence-electron chi connectivity index (χ4n) is 2.40. The third-order valence-corrected chi connectivity index (χ3v) is 5.17. The van der Waals surface area contributed by atoms with Crippen LogP contribution in [0.4, 0.5) is 0 Å². The number of hydrogen-bond acceptors (Lipinski definition) is 5. The molecule has 0 saturated heterocycles. The van der Waals surface area contributed by atoms with Crippen molar-refractivity contribution in [3.63, 3.8) is 0 Å². The van der Waals surface area contributed by atoms with E-state index in [0.717, 1.165) is 16.3 Å². The fourth-order valence-corrected chi connectivity index (χ4v) is 3.33. The van der Waals surface area contributed by atoms with E-state index in [0.29, 0.717) is 22.9 Å². The number of benzene rings is 1. The van der Waals surface area contributed by atoms with Crippen LogP contribution in [-0.2, 0) is 6.54 Å². The number of rotatable bonds is 5. The maximum absolute atomic E-state index is 12.4. The van der Waals surface area contributed by atoms with Crippen LogP contribution in [0.1, 0.15) is 44.7 Å². The monoisotopic (exact) mass is 355 g/mol.